The molecule has 104 valence electrons. The third kappa shape index (κ3) is 2.70. The summed E-state index contributed by atoms with van der Waals surface area (Å²) in [5, 5.41) is 0. The molecule has 0 spiro atoms. The van der Waals surface area contributed by atoms with Crippen molar-refractivity contribution in [1.82, 2.24) is 4.90 Å². The molecule has 0 aliphatic heterocycles. The normalized spacial score (nSPS) is 17.4. The van der Waals surface area contributed by atoms with Gasteiger partial charge < -0.3 is 5.73 Å². The first-order chi connectivity index (χ1) is 9.74. The molecule has 0 heterocycles. The molecule has 1 atom stereocenters. The minimum atomic E-state index is 0.550. The van der Waals surface area contributed by atoms with E-state index in [0.717, 1.165) is 25.1 Å². The maximum absolute atomic E-state index is 5.87. The molecule has 0 saturated heterocycles. The van der Waals surface area contributed by atoms with E-state index in [0.29, 0.717) is 6.04 Å². The summed E-state index contributed by atoms with van der Waals surface area (Å²) >= 11 is 0. The summed E-state index contributed by atoms with van der Waals surface area (Å²) in [7, 11) is 2.24. The minimum Gasteiger partial charge on any atom is -0.399 e. The Morgan fingerprint density at radius 1 is 1.15 bits per heavy atom. The molecule has 0 aromatic heterocycles. The van der Waals surface area contributed by atoms with Crippen molar-refractivity contribution >= 4 is 5.69 Å². The van der Waals surface area contributed by atoms with Gasteiger partial charge in [-0.25, -0.2) is 0 Å². The van der Waals surface area contributed by atoms with Gasteiger partial charge in [0.2, 0.25) is 0 Å². The van der Waals surface area contributed by atoms with E-state index < -0.39 is 0 Å². The first-order valence-corrected chi connectivity index (χ1v) is 7.36. The number of likely N-dealkylation sites (N-methyl/N-ethyl adjacent to an activating group) is 1. The Morgan fingerprint density at radius 3 is 2.75 bits per heavy atom. The number of nitrogen functional groups attached to an aromatic ring is 1. The summed E-state index contributed by atoms with van der Waals surface area (Å²) in [5.41, 5.74) is 11.1. The molecule has 1 unspecified atom stereocenters. The van der Waals surface area contributed by atoms with E-state index >= 15 is 0 Å². The van der Waals surface area contributed by atoms with Gasteiger partial charge in [0.1, 0.15) is 0 Å². The molecule has 0 amide bonds. The smallest absolute Gasteiger partial charge is 0.0351 e. The number of benzene rings is 2. The van der Waals surface area contributed by atoms with Crippen LogP contribution in [0.4, 0.5) is 5.69 Å². The van der Waals surface area contributed by atoms with Crippen molar-refractivity contribution in [2.75, 3.05) is 19.3 Å². The van der Waals surface area contributed by atoms with Crippen molar-refractivity contribution in [3.63, 3.8) is 0 Å². The fraction of sp³-hybridized carbons (Fsp3) is 0.333. The first-order valence-electron chi connectivity index (χ1n) is 7.36. The zero-order chi connectivity index (χ0) is 13.9. The van der Waals surface area contributed by atoms with Gasteiger partial charge in [0.05, 0.1) is 0 Å². The third-order valence-electron chi connectivity index (χ3n) is 4.34. The number of aryl methyl sites for hydroxylation is 1. The van der Waals surface area contributed by atoms with Crippen LogP contribution in [-0.4, -0.2) is 18.5 Å². The van der Waals surface area contributed by atoms with E-state index in [-0.39, 0.29) is 0 Å². The van der Waals surface area contributed by atoms with Gasteiger partial charge in [-0.2, -0.15) is 0 Å². The Balaban J connectivity index is 1.66. The van der Waals surface area contributed by atoms with Crippen LogP contribution < -0.4 is 5.73 Å². The van der Waals surface area contributed by atoms with Crippen molar-refractivity contribution in [3.8, 4) is 0 Å². The Bertz CT molecular complexity index is 577. The molecule has 0 fully saturated rings. The molecule has 0 saturated carbocycles. The van der Waals surface area contributed by atoms with E-state index in [1.807, 2.05) is 6.07 Å². The van der Waals surface area contributed by atoms with Crippen molar-refractivity contribution < 1.29 is 0 Å². The van der Waals surface area contributed by atoms with Gasteiger partial charge in [0, 0.05) is 18.3 Å². The van der Waals surface area contributed by atoms with E-state index in [9.17, 15) is 0 Å². The lowest BCUT2D eigenvalue weighted by molar-refractivity contribution is 0.247. The Morgan fingerprint density at radius 2 is 1.95 bits per heavy atom. The molecule has 2 nitrogen and oxygen atoms in total. The Labute approximate surface area is 121 Å². The highest BCUT2D eigenvalue weighted by Crippen LogP contribution is 2.35. The monoisotopic (exact) mass is 266 g/mol. The second kappa shape index (κ2) is 5.68. The van der Waals surface area contributed by atoms with Crippen LogP contribution in [0.5, 0.6) is 0 Å². The Kier molecular flexibility index (Phi) is 3.75. The van der Waals surface area contributed by atoms with Crippen molar-refractivity contribution in [3.05, 3.63) is 65.2 Å². The fourth-order valence-corrected chi connectivity index (χ4v) is 3.18. The number of nitrogens with two attached hydrogens (primary N) is 1. The highest BCUT2D eigenvalue weighted by molar-refractivity contribution is 5.47. The quantitative estimate of drug-likeness (QED) is 0.859. The molecule has 0 bridgehead atoms. The number of hydrogen-bond donors (Lipinski definition) is 1. The van der Waals surface area contributed by atoms with Gasteiger partial charge in [0.15, 0.2) is 0 Å². The lowest BCUT2D eigenvalue weighted by Crippen LogP contribution is -2.25. The largest absolute Gasteiger partial charge is 0.399 e. The molecule has 0 radical (unpaired) electrons. The second-order valence-corrected chi connectivity index (χ2v) is 5.73. The van der Waals surface area contributed by atoms with Crippen LogP contribution >= 0.6 is 0 Å². The number of rotatable bonds is 4. The average molecular weight is 266 g/mol. The van der Waals surface area contributed by atoms with E-state index in [1.165, 1.54) is 23.1 Å². The summed E-state index contributed by atoms with van der Waals surface area (Å²) < 4.78 is 0. The van der Waals surface area contributed by atoms with Gasteiger partial charge in [-0.1, -0.05) is 36.4 Å². The number of fused-ring (bicyclic) bond motifs is 1. The van der Waals surface area contributed by atoms with Crippen LogP contribution in [0, 0.1) is 0 Å². The molecule has 20 heavy (non-hydrogen) atoms. The summed E-state index contributed by atoms with van der Waals surface area (Å²) in [5.74, 6) is 0. The lowest BCUT2D eigenvalue weighted by Gasteiger charge is -2.25. The van der Waals surface area contributed by atoms with E-state index in [4.69, 9.17) is 5.73 Å². The van der Waals surface area contributed by atoms with Gasteiger partial charge >= 0.3 is 0 Å². The topological polar surface area (TPSA) is 29.3 Å². The zero-order valence-electron chi connectivity index (χ0n) is 12.0. The van der Waals surface area contributed by atoms with Crippen LogP contribution in [0.1, 0.15) is 29.2 Å². The summed E-state index contributed by atoms with van der Waals surface area (Å²) in [6.45, 7) is 1.10. The van der Waals surface area contributed by atoms with Crippen LogP contribution in [0.3, 0.4) is 0 Å². The fourth-order valence-electron chi connectivity index (χ4n) is 3.18. The zero-order valence-corrected chi connectivity index (χ0v) is 12.0. The van der Waals surface area contributed by atoms with Crippen LogP contribution in [0.25, 0.3) is 0 Å². The maximum Gasteiger partial charge on any atom is 0.0351 e. The molecule has 2 aromatic carbocycles. The standard InChI is InChI=1S/C18H22N2/c1-20(12-11-14-5-3-2-4-6-14)18-10-7-15-13-16(19)8-9-17(15)18/h2-6,8-9,13,18H,7,10-12,19H2,1H3. The molecular weight excluding hydrogens is 244 g/mol. The van der Waals surface area contributed by atoms with Gasteiger partial charge in [-0.05, 0) is 55.1 Å². The van der Waals surface area contributed by atoms with Crippen molar-refractivity contribution in [2.45, 2.75) is 25.3 Å². The number of hydrogen-bond acceptors (Lipinski definition) is 2. The molecule has 1 aliphatic carbocycles. The number of nitrogens with zero attached hydrogens (tertiary/aromatic N) is 1. The SMILES string of the molecule is CN(CCc1ccccc1)C1CCc2cc(N)ccc21. The maximum atomic E-state index is 5.87. The molecular formula is C18H22N2. The summed E-state index contributed by atoms with van der Waals surface area (Å²) in [6.07, 6.45) is 3.48. The number of anilines is 1. The molecule has 2 heteroatoms. The highest BCUT2D eigenvalue weighted by Gasteiger charge is 2.25. The van der Waals surface area contributed by atoms with Gasteiger partial charge in [0.25, 0.3) is 0 Å². The molecule has 2 N–H and O–H groups in total. The first kappa shape index (κ1) is 13.2. The van der Waals surface area contributed by atoms with Gasteiger partial charge in [-0.3, -0.25) is 4.90 Å². The minimum absolute atomic E-state index is 0.550. The van der Waals surface area contributed by atoms with Crippen LogP contribution in [-0.2, 0) is 12.8 Å². The van der Waals surface area contributed by atoms with Gasteiger partial charge in [-0.15, -0.1) is 0 Å². The Hall–Kier alpha value is -1.80. The van der Waals surface area contributed by atoms with Crippen LogP contribution in [0.2, 0.25) is 0 Å². The van der Waals surface area contributed by atoms with Crippen molar-refractivity contribution in [1.29, 1.82) is 0 Å². The summed E-state index contributed by atoms with van der Waals surface area (Å²) in [6, 6.07) is 17.6. The van der Waals surface area contributed by atoms with E-state index in [2.05, 4.69) is 54.4 Å². The second-order valence-electron chi connectivity index (χ2n) is 5.73. The van der Waals surface area contributed by atoms with Crippen molar-refractivity contribution in [2.24, 2.45) is 0 Å². The third-order valence-corrected chi connectivity index (χ3v) is 4.34. The molecule has 1 aliphatic rings. The van der Waals surface area contributed by atoms with Crippen LogP contribution in [0.15, 0.2) is 48.5 Å². The lowest BCUT2D eigenvalue weighted by atomic mass is 10.1. The van der Waals surface area contributed by atoms with E-state index in [1.54, 1.807) is 0 Å². The highest BCUT2D eigenvalue weighted by atomic mass is 15.1. The summed E-state index contributed by atoms with van der Waals surface area (Å²) in [4.78, 5) is 2.48. The molecule has 3 rings (SSSR count). The predicted molar refractivity (Wildman–Crippen MR) is 84.7 cm³/mol. The molecule has 2 aromatic rings. The predicted octanol–water partition coefficient (Wildman–Crippen LogP) is 3.43. The average Bonchev–Trinajstić information content (AvgIpc) is 2.89.